The van der Waals surface area contributed by atoms with Crippen molar-refractivity contribution in [1.29, 1.82) is 0 Å². The minimum Gasteiger partial charge on any atom is -0.496 e. The lowest BCUT2D eigenvalue weighted by atomic mass is 10.1. The molecule has 0 saturated heterocycles. The van der Waals surface area contributed by atoms with Gasteiger partial charge in [0, 0.05) is 18.3 Å². The fraction of sp³-hybridized carbons (Fsp3) is 0.433. The van der Waals surface area contributed by atoms with Gasteiger partial charge in [-0.15, -0.1) is 0 Å². The van der Waals surface area contributed by atoms with Crippen LogP contribution in [0.5, 0.6) is 11.5 Å². The first-order valence-electron chi connectivity index (χ1n) is 13.8. The van der Waals surface area contributed by atoms with Crippen LogP contribution in [0.25, 0.3) is 11.0 Å². The van der Waals surface area contributed by atoms with Gasteiger partial charge in [-0.1, -0.05) is 32.0 Å². The van der Waals surface area contributed by atoms with Crippen LogP contribution in [-0.4, -0.2) is 40.3 Å². The van der Waals surface area contributed by atoms with Gasteiger partial charge in [-0.05, 0) is 81.5 Å². The standard InChI is InChI=1S/C28H35N5O5S.C2H6/c1-7-18-9-10-21(36-8-2)24(13-18)39-32-26-25-22(35-6)11-19(12-23(25)38-31-26)16-33-17-20(15-30-33)14-29-27(34)37-28(3,4)5;1-2/h9-13,15,17H,7-8,14,16H2,1-6H3,(H,29,34)(H,31,32);1-2H3. The third kappa shape index (κ3) is 8.81. The number of amides is 1. The third-order valence-corrected chi connectivity index (χ3v) is 6.49. The van der Waals surface area contributed by atoms with Gasteiger partial charge in [0.25, 0.3) is 0 Å². The number of nitrogens with zero attached hydrogens (tertiary/aromatic N) is 3. The molecule has 2 heterocycles. The molecule has 4 aromatic rings. The summed E-state index contributed by atoms with van der Waals surface area (Å²) < 4.78 is 27.5. The fourth-order valence-electron chi connectivity index (χ4n) is 3.90. The highest BCUT2D eigenvalue weighted by Gasteiger charge is 2.18. The number of hydrogen-bond acceptors (Lipinski definition) is 9. The van der Waals surface area contributed by atoms with Crippen molar-refractivity contribution in [3.05, 3.63) is 59.4 Å². The highest BCUT2D eigenvalue weighted by atomic mass is 32.2. The minimum atomic E-state index is -0.548. The maximum atomic E-state index is 11.9. The van der Waals surface area contributed by atoms with Crippen LogP contribution in [0.4, 0.5) is 10.6 Å². The Kier molecular flexibility index (Phi) is 11.3. The summed E-state index contributed by atoms with van der Waals surface area (Å²) in [5.74, 6) is 2.02. The first kappa shape index (κ1) is 31.7. The number of carbonyl (C=O) groups is 1. The van der Waals surface area contributed by atoms with E-state index >= 15 is 0 Å². The van der Waals surface area contributed by atoms with E-state index in [2.05, 4.69) is 39.4 Å². The van der Waals surface area contributed by atoms with Crippen LogP contribution >= 0.6 is 11.9 Å². The van der Waals surface area contributed by atoms with Crippen LogP contribution in [-0.2, 0) is 24.2 Å². The molecule has 2 aromatic heterocycles. The van der Waals surface area contributed by atoms with E-state index in [0.29, 0.717) is 36.8 Å². The molecule has 4 rings (SSSR count). The average Bonchev–Trinajstić information content (AvgIpc) is 3.58. The van der Waals surface area contributed by atoms with E-state index in [4.69, 9.17) is 18.7 Å². The van der Waals surface area contributed by atoms with E-state index < -0.39 is 11.7 Å². The normalized spacial score (nSPS) is 11.0. The van der Waals surface area contributed by atoms with Crippen molar-refractivity contribution in [3.8, 4) is 11.5 Å². The van der Waals surface area contributed by atoms with Gasteiger partial charge < -0.3 is 28.8 Å². The Balaban J connectivity index is 0.00000226. The maximum Gasteiger partial charge on any atom is 0.407 e. The molecule has 0 bridgehead atoms. The smallest absolute Gasteiger partial charge is 0.407 e. The Morgan fingerprint density at radius 1 is 1.07 bits per heavy atom. The van der Waals surface area contributed by atoms with Crippen molar-refractivity contribution in [2.24, 2.45) is 0 Å². The highest BCUT2D eigenvalue weighted by Crippen LogP contribution is 2.37. The number of aryl methyl sites for hydroxylation is 1. The number of methoxy groups -OCH3 is 1. The molecule has 0 spiro atoms. The molecule has 1 amide bonds. The molecule has 0 atom stereocenters. The van der Waals surface area contributed by atoms with E-state index in [1.165, 1.54) is 17.5 Å². The number of ether oxygens (including phenoxy) is 3. The molecule has 0 radical (unpaired) electrons. The molecule has 0 aliphatic heterocycles. The highest BCUT2D eigenvalue weighted by molar-refractivity contribution is 8.00. The van der Waals surface area contributed by atoms with Gasteiger partial charge in [0.15, 0.2) is 11.4 Å². The van der Waals surface area contributed by atoms with E-state index in [0.717, 1.165) is 33.6 Å². The van der Waals surface area contributed by atoms with E-state index in [9.17, 15) is 4.79 Å². The lowest BCUT2D eigenvalue weighted by Gasteiger charge is -2.19. The summed E-state index contributed by atoms with van der Waals surface area (Å²) in [6.07, 6.45) is 4.05. The number of nitrogens with one attached hydrogen (secondary N) is 2. The Hall–Kier alpha value is -3.86. The van der Waals surface area contributed by atoms with Gasteiger partial charge in [-0.25, -0.2) is 4.79 Å². The lowest BCUT2D eigenvalue weighted by molar-refractivity contribution is 0.0523. The SMILES string of the molecule is CC.CCOc1ccc(CC)cc1SNc1noc2cc(Cn3cc(CNC(=O)OC(C)(C)C)cn3)cc(OC)c12. The van der Waals surface area contributed by atoms with Crippen molar-refractivity contribution in [1.82, 2.24) is 20.3 Å². The number of hydrogen-bond donors (Lipinski definition) is 2. The molecule has 222 valence electrons. The van der Waals surface area contributed by atoms with Crippen LogP contribution in [0.3, 0.4) is 0 Å². The zero-order valence-electron chi connectivity index (χ0n) is 25.2. The molecule has 10 nitrogen and oxygen atoms in total. The average molecular weight is 584 g/mol. The summed E-state index contributed by atoms with van der Waals surface area (Å²) in [7, 11) is 1.62. The van der Waals surface area contributed by atoms with Gasteiger partial charge in [0.2, 0.25) is 0 Å². The first-order valence-corrected chi connectivity index (χ1v) is 14.6. The molecular weight excluding hydrogens is 542 g/mol. The van der Waals surface area contributed by atoms with Crippen LogP contribution in [0.15, 0.2) is 52.1 Å². The molecule has 41 heavy (non-hydrogen) atoms. The largest absolute Gasteiger partial charge is 0.496 e. The zero-order chi connectivity index (χ0) is 30.0. The van der Waals surface area contributed by atoms with Gasteiger partial charge in [0.1, 0.15) is 22.5 Å². The van der Waals surface area contributed by atoms with E-state index in [1.54, 1.807) is 18.0 Å². The summed E-state index contributed by atoms with van der Waals surface area (Å²) in [4.78, 5) is 12.9. The van der Waals surface area contributed by atoms with Crippen LogP contribution in [0.1, 0.15) is 65.2 Å². The molecule has 2 N–H and O–H groups in total. The lowest BCUT2D eigenvalue weighted by Crippen LogP contribution is -2.32. The molecule has 0 fully saturated rings. The van der Waals surface area contributed by atoms with E-state index in [-0.39, 0.29) is 0 Å². The van der Waals surface area contributed by atoms with Crippen molar-refractivity contribution in [2.75, 3.05) is 18.4 Å². The second kappa shape index (κ2) is 14.7. The predicted molar refractivity (Wildman–Crippen MR) is 163 cm³/mol. The number of fused-ring (bicyclic) bond motifs is 1. The Labute approximate surface area is 246 Å². The maximum absolute atomic E-state index is 11.9. The van der Waals surface area contributed by atoms with Gasteiger partial charge >= 0.3 is 6.09 Å². The summed E-state index contributed by atoms with van der Waals surface area (Å²) in [5, 5.41) is 12.2. The molecule has 11 heteroatoms. The predicted octanol–water partition coefficient (Wildman–Crippen LogP) is 7.21. The van der Waals surface area contributed by atoms with Crippen LogP contribution in [0, 0.1) is 0 Å². The zero-order valence-corrected chi connectivity index (χ0v) is 26.0. The Morgan fingerprint density at radius 3 is 2.54 bits per heavy atom. The second-order valence-electron chi connectivity index (χ2n) is 9.88. The summed E-state index contributed by atoms with van der Waals surface area (Å²) in [6, 6.07) is 10.0. The minimum absolute atomic E-state index is 0.318. The quantitative estimate of drug-likeness (QED) is 0.177. The van der Waals surface area contributed by atoms with Gasteiger partial charge in [-0.2, -0.15) is 5.10 Å². The number of carbonyl (C=O) groups excluding carboxylic acids is 1. The van der Waals surface area contributed by atoms with E-state index in [1.807, 2.05) is 65.9 Å². The number of alkyl carbamates (subject to hydrolysis) is 1. The monoisotopic (exact) mass is 583 g/mol. The molecule has 0 aliphatic rings. The second-order valence-corrected chi connectivity index (χ2v) is 10.7. The van der Waals surface area contributed by atoms with Crippen LogP contribution < -0.4 is 19.5 Å². The number of anilines is 1. The molecule has 2 aromatic carbocycles. The van der Waals surface area contributed by atoms with Gasteiger partial charge in [0.05, 0.1) is 31.4 Å². The van der Waals surface area contributed by atoms with Gasteiger partial charge in [-0.3, -0.25) is 4.68 Å². The number of aromatic nitrogens is 3. The Morgan fingerprint density at radius 2 is 1.85 bits per heavy atom. The van der Waals surface area contributed by atoms with Crippen molar-refractivity contribution in [2.45, 2.75) is 78.5 Å². The molecule has 0 aliphatic carbocycles. The summed E-state index contributed by atoms with van der Waals surface area (Å²) >= 11 is 1.42. The Bertz CT molecular complexity index is 1430. The number of rotatable bonds is 11. The first-order chi connectivity index (χ1) is 19.7. The summed E-state index contributed by atoms with van der Waals surface area (Å²) in [6.45, 7) is 14.9. The molecular formula is C30H41N5O5S. The van der Waals surface area contributed by atoms with Crippen molar-refractivity contribution in [3.63, 3.8) is 0 Å². The summed E-state index contributed by atoms with van der Waals surface area (Å²) in [5.41, 5.74) is 3.05. The van der Waals surface area contributed by atoms with Crippen molar-refractivity contribution >= 4 is 34.8 Å². The molecule has 0 unspecified atom stereocenters. The third-order valence-electron chi connectivity index (χ3n) is 5.66. The molecule has 0 saturated carbocycles. The fourth-order valence-corrected chi connectivity index (χ4v) is 4.69. The topological polar surface area (TPSA) is 113 Å². The number of benzene rings is 2. The van der Waals surface area contributed by atoms with Crippen molar-refractivity contribution < 1.29 is 23.5 Å². The van der Waals surface area contributed by atoms with Crippen LogP contribution in [0.2, 0.25) is 0 Å².